The largest absolute Gasteiger partial charge is 0.477 e. The SMILES string of the molecule is CC1(CNC(=O)c2nc[nH]c2C(=O)O)COC1. The molecule has 1 aromatic rings. The van der Waals surface area contributed by atoms with E-state index in [1.165, 1.54) is 6.33 Å². The van der Waals surface area contributed by atoms with E-state index in [0.29, 0.717) is 19.8 Å². The molecule has 1 aliphatic heterocycles. The molecule has 0 unspecified atom stereocenters. The Morgan fingerprint density at radius 1 is 1.65 bits per heavy atom. The third kappa shape index (κ3) is 2.28. The number of aromatic nitrogens is 2. The molecule has 7 heteroatoms. The first-order chi connectivity index (χ1) is 8.02. The van der Waals surface area contributed by atoms with Crippen LogP contribution in [0.25, 0.3) is 0 Å². The van der Waals surface area contributed by atoms with E-state index in [1.807, 2.05) is 6.92 Å². The standard InChI is InChI=1S/C10H13N3O4/c1-10(3-17-4-10)2-11-8(14)6-7(9(15)16)13-5-12-6/h5H,2-4H2,1H3,(H,11,14)(H,12,13)(H,15,16). The highest BCUT2D eigenvalue weighted by molar-refractivity contribution is 6.02. The highest BCUT2D eigenvalue weighted by Gasteiger charge is 2.34. The number of imidazole rings is 1. The predicted molar refractivity (Wildman–Crippen MR) is 56.8 cm³/mol. The van der Waals surface area contributed by atoms with Gasteiger partial charge in [0.1, 0.15) is 0 Å². The molecule has 3 N–H and O–H groups in total. The number of ether oxygens (including phenoxy) is 1. The van der Waals surface area contributed by atoms with Gasteiger partial charge in [-0.25, -0.2) is 9.78 Å². The number of aromatic carboxylic acids is 1. The molecule has 17 heavy (non-hydrogen) atoms. The molecule has 92 valence electrons. The van der Waals surface area contributed by atoms with Crippen molar-refractivity contribution in [2.45, 2.75) is 6.92 Å². The molecular formula is C10H13N3O4. The summed E-state index contributed by atoms with van der Waals surface area (Å²) >= 11 is 0. The lowest BCUT2D eigenvalue weighted by molar-refractivity contribution is -0.0978. The third-order valence-electron chi connectivity index (χ3n) is 2.65. The van der Waals surface area contributed by atoms with Crippen LogP contribution in [0.5, 0.6) is 0 Å². The Balaban J connectivity index is 1.99. The van der Waals surface area contributed by atoms with Gasteiger partial charge in [-0.3, -0.25) is 4.79 Å². The molecule has 2 heterocycles. The monoisotopic (exact) mass is 239 g/mol. The Kier molecular flexibility index (Phi) is 2.84. The van der Waals surface area contributed by atoms with Crippen molar-refractivity contribution in [3.05, 3.63) is 17.7 Å². The smallest absolute Gasteiger partial charge is 0.354 e. The van der Waals surface area contributed by atoms with Gasteiger partial charge in [-0.2, -0.15) is 0 Å². The summed E-state index contributed by atoms with van der Waals surface area (Å²) in [6, 6.07) is 0. The van der Waals surface area contributed by atoms with Crippen molar-refractivity contribution < 1.29 is 19.4 Å². The number of carboxylic acid groups (broad SMARTS) is 1. The molecule has 0 saturated carbocycles. The normalized spacial score (nSPS) is 17.2. The molecule has 1 aromatic heterocycles. The second kappa shape index (κ2) is 4.17. The maximum Gasteiger partial charge on any atom is 0.354 e. The first-order valence-electron chi connectivity index (χ1n) is 5.14. The highest BCUT2D eigenvalue weighted by Crippen LogP contribution is 2.25. The Labute approximate surface area is 97.2 Å². The number of hydrogen-bond donors (Lipinski definition) is 3. The van der Waals surface area contributed by atoms with Crippen LogP contribution in [0, 0.1) is 5.41 Å². The van der Waals surface area contributed by atoms with Crippen LogP contribution in [0.15, 0.2) is 6.33 Å². The van der Waals surface area contributed by atoms with Gasteiger partial charge >= 0.3 is 5.97 Å². The zero-order valence-corrected chi connectivity index (χ0v) is 9.32. The molecule has 1 saturated heterocycles. The van der Waals surface area contributed by atoms with Gasteiger partial charge in [0.2, 0.25) is 0 Å². The molecule has 2 rings (SSSR count). The summed E-state index contributed by atoms with van der Waals surface area (Å²) in [6.07, 6.45) is 1.19. The summed E-state index contributed by atoms with van der Waals surface area (Å²) in [5, 5.41) is 11.5. The van der Waals surface area contributed by atoms with E-state index in [0.717, 1.165) is 0 Å². The minimum Gasteiger partial charge on any atom is -0.477 e. The van der Waals surface area contributed by atoms with Crippen molar-refractivity contribution in [3.63, 3.8) is 0 Å². The van der Waals surface area contributed by atoms with E-state index < -0.39 is 11.9 Å². The Hall–Kier alpha value is -1.89. The van der Waals surface area contributed by atoms with Crippen LogP contribution >= 0.6 is 0 Å². The van der Waals surface area contributed by atoms with Crippen molar-refractivity contribution in [1.82, 2.24) is 15.3 Å². The minimum atomic E-state index is -1.20. The van der Waals surface area contributed by atoms with Crippen molar-refractivity contribution in [2.24, 2.45) is 5.41 Å². The van der Waals surface area contributed by atoms with Crippen molar-refractivity contribution in [3.8, 4) is 0 Å². The first-order valence-corrected chi connectivity index (χ1v) is 5.14. The summed E-state index contributed by atoms with van der Waals surface area (Å²) in [7, 11) is 0. The lowest BCUT2D eigenvalue weighted by atomic mass is 9.89. The van der Waals surface area contributed by atoms with E-state index in [4.69, 9.17) is 9.84 Å². The molecule has 0 aromatic carbocycles. The maximum absolute atomic E-state index is 11.7. The topological polar surface area (TPSA) is 104 Å². The van der Waals surface area contributed by atoms with Crippen LogP contribution < -0.4 is 5.32 Å². The van der Waals surface area contributed by atoms with Gasteiger partial charge in [-0.05, 0) is 0 Å². The molecule has 0 bridgehead atoms. The average molecular weight is 239 g/mol. The summed E-state index contributed by atoms with van der Waals surface area (Å²) in [4.78, 5) is 28.6. The highest BCUT2D eigenvalue weighted by atomic mass is 16.5. The van der Waals surface area contributed by atoms with E-state index >= 15 is 0 Å². The van der Waals surface area contributed by atoms with Crippen LogP contribution in [0.3, 0.4) is 0 Å². The van der Waals surface area contributed by atoms with Gasteiger partial charge in [0.05, 0.1) is 19.5 Å². The second-order valence-corrected chi connectivity index (χ2v) is 4.42. The van der Waals surface area contributed by atoms with E-state index in [2.05, 4.69) is 15.3 Å². The Bertz CT molecular complexity index is 450. The first kappa shape index (κ1) is 11.6. The van der Waals surface area contributed by atoms with Crippen molar-refractivity contribution >= 4 is 11.9 Å². The number of amides is 1. The van der Waals surface area contributed by atoms with Crippen molar-refractivity contribution in [1.29, 1.82) is 0 Å². The molecule has 1 aliphatic rings. The van der Waals surface area contributed by atoms with Crippen LogP contribution in [0.4, 0.5) is 0 Å². The Morgan fingerprint density at radius 3 is 2.88 bits per heavy atom. The molecule has 0 radical (unpaired) electrons. The van der Waals surface area contributed by atoms with Gasteiger partial charge in [-0.1, -0.05) is 6.92 Å². The molecule has 7 nitrogen and oxygen atoms in total. The number of aromatic amines is 1. The molecule has 1 fully saturated rings. The number of H-pyrrole nitrogens is 1. The number of hydrogen-bond acceptors (Lipinski definition) is 4. The fourth-order valence-corrected chi connectivity index (χ4v) is 1.56. The number of carbonyl (C=O) groups excluding carboxylic acids is 1. The van der Waals surface area contributed by atoms with Gasteiger partial charge in [0.25, 0.3) is 5.91 Å². The van der Waals surface area contributed by atoms with Gasteiger partial charge in [-0.15, -0.1) is 0 Å². The van der Waals surface area contributed by atoms with Gasteiger partial charge < -0.3 is 20.1 Å². The number of rotatable bonds is 4. The Morgan fingerprint density at radius 2 is 2.35 bits per heavy atom. The maximum atomic E-state index is 11.7. The van der Waals surface area contributed by atoms with E-state index in [-0.39, 0.29) is 16.8 Å². The minimum absolute atomic E-state index is 0.0602. The zero-order valence-electron chi connectivity index (χ0n) is 9.32. The number of carboxylic acids is 1. The summed E-state index contributed by atoms with van der Waals surface area (Å²) < 4.78 is 5.06. The lowest BCUT2D eigenvalue weighted by Crippen LogP contribution is -2.48. The average Bonchev–Trinajstić information content (AvgIpc) is 2.72. The molecule has 0 aliphatic carbocycles. The van der Waals surface area contributed by atoms with Crippen LogP contribution in [-0.4, -0.2) is 46.7 Å². The summed E-state index contributed by atoms with van der Waals surface area (Å²) in [6.45, 7) is 3.62. The fourth-order valence-electron chi connectivity index (χ4n) is 1.56. The molecule has 0 atom stereocenters. The van der Waals surface area contributed by atoms with Crippen molar-refractivity contribution in [2.75, 3.05) is 19.8 Å². The lowest BCUT2D eigenvalue weighted by Gasteiger charge is -2.37. The summed E-state index contributed by atoms with van der Waals surface area (Å²) in [5.74, 6) is -1.69. The third-order valence-corrected chi connectivity index (χ3v) is 2.65. The van der Waals surface area contributed by atoms with E-state index in [9.17, 15) is 9.59 Å². The fraction of sp³-hybridized carbons (Fsp3) is 0.500. The molecule has 0 spiro atoms. The quantitative estimate of drug-likeness (QED) is 0.679. The van der Waals surface area contributed by atoms with Gasteiger partial charge in [0.15, 0.2) is 11.4 Å². The molecule has 1 amide bonds. The predicted octanol–water partition coefficient (Wildman–Crippen LogP) is -0.126. The van der Waals surface area contributed by atoms with Crippen LogP contribution in [0.2, 0.25) is 0 Å². The van der Waals surface area contributed by atoms with Crippen LogP contribution in [0.1, 0.15) is 27.9 Å². The number of nitrogens with one attached hydrogen (secondary N) is 2. The van der Waals surface area contributed by atoms with Gasteiger partial charge in [0, 0.05) is 12.0 Å². The number of nitrogens with zero attached hydrogens (tertiary/aromatic N) is 1. The van der Waals surface area contributed by atoms with E-state index in [1.54, 1.807) is 0 Å². The summed E-state index contributed by atoms with van der Waals surface area (Å²) in [5.41, 5.74) is -0.353. The molecular weight excluding hydrogens is 226 g/mol. The number of carbonyl (C=O) groups is 2. The van der Waals surface area contributed by atoms with Crippen LogP contribution in [-0.2, 0) is 4.74 Å². The zero-order chi connectivity index (χ0) is 12.5. The second-order valence-electron chi connectivity index (χ2n) is 4.42.